The highest BCUT2D eigenvalue weighted by molar-refractivity contribution is 5.39. The van der Waals surface area contributed by atoms with Crippen molar-refractivity contribution in [2.75, 3.05) is 38.8 Å². The largest absolute Gasteiger partial charge is 0.385 e. The number of ether oxygens (including phenoxy) is 1. The summed E-state index contributed by atoms with van der Waals surface area (Å²) in [4.78, 5) is 6.59. The molecule has 0 aliphatic carbocycles. The van der Waals surface area contributed by atoms with E-state index in [0.717, 1.165) is 38.5 Å². The molecule has 4 heteroatoms. The Morgan fingerprint density at radius 1 is 1.42 bits per heavy atom. The van der Waals surface area contributed by atoms with Crippen LogP contribution in [0.2, 0.25) is 0 Å². The first-order chi connectivity index (χ1) is 9.13. The Morgan fingerprint density at radius 2 is 2.21 bits per heavy atom. The van der Waals surface area contributed by atoms with E-state index in [-0.39, 0.29) is 0 Å². The Kier molecular flexibility index (Phi) is 7.45. The number of hydrogen-bond donors (Lipinski definition) is 1. The van der Waals surface area contributed by atoms with E-state index in [1.807, 2.05) is 6.20 Å². The summed E-state index contributed by atoms with van der Waals surface area (Å²) >= 11 is 0. The van der Waals surface area contributed by atoms with Crippen molar-refractivity contribution in [2.45, 2.75) is 26.8 Å². The second-order valence-corrected chi connectivity index (χ2v) is 5.31. The van der Waals surface area contributed by atoms with Crippen molar-refractivity contribution in [3.05, 3.63) is 23.9 Å². The molecule has 0 fully saturated rings. The molecule has 0 spiro atoms. The number of hydrogen-bond acceptors (Lipinski definition) is 4. The molecule has 1 N–H and O–H groups in total. The molecule has 1 aromatic rings. The smallest absolute Gasteiger partial charge is 0.128 e. The van der Waals surface area contributed by atoms with Crippen LogP contribution in [0.1, 0.15) is 25.8 Å². The molecule has 0 radical (unpaired) electrons. The first-order valence-corrected chi connectivity index (χ1v) is 6.99. The highest BCUT2D eigenvalue weighted by Gasteiger charge is 2.03. The number of pyridine rings is 1. The maximum Gasteiger partial charge on any atom is 0.128 e. The van der Waals surface area contributed by atoms with E-state index < -0.39 is 0 Å². The van der Waals surface area contributed by atoms with Crippen molar-refractivity contribution < 1.29 is 4.74 Å². The quantitative estimate of drug-likeness (QED) is 0.695. The lowest BCUT2D eigenvalue weighted by Gasteiger charge is -2.18. The van der Waals surface area contributed by atoms with Gasteiger partial charge in [-0.05, 0) is 36.6 Å². The van der Waals surface area contributed by atoms with E-state index in [1.165, 1.54) is 5.56 Å². The predicted molar refractivity (Wildman–Crippen MR) is 80.5 cm³/mol. The van der Waals surface area contributed by atoms with E-state index in [2.05, 4.69) is 48.2 Å². The molecule has 0 aliphatic rings. The number of nitrogens with one attached hydrogen (secondary N) is 1. The van der Waals surface area contributed by atoms with Gasteiger partial charge in [0.25, 0.3) is 0 Å². The topological polar surface area (TPSA) is 37.4 Å². The fourth-order valence-electron chi connectivity index (χ4n) is 1.85. The monoisotopic (exact) mass is 265 g/mol. The molecule has 1 rings (SSSR count). The lowest BCUT2D eigenvalue weighted by molar-refractivity contribution is 0.196. The van der Waals surface area contributed by atoms with Crippen molar-refractivity contribution in [3.8, 4) is 0 Å². The van der Waals surface area contributed by atoms with Gasteiger partial charge in [0.1, 0.15) is 5.82 Å². The second-order valence-electron chi connectivity index (χ2n) is 5.31. The van der Waals surface area contributed by atoms with Gasteiger partial charge in [0.05, 0.1) is 0 Å². The van der Waals surface area contributed by atoms with E-state index >= 15 is 0 Å². The van der Waals surface area contributed by atoms with Crippen LogP contribution >= 0.6 is 0 Å². The van der Waals surface area contributed by atoms with Gasteiger partial charge in [-0.15, -0.1) is 0 Å². The minimum atomic E-state index is 0.679. The molecule has 1 aromatic heterocycles. The van der Waals surface area contributed by atoms with E-state index in [0.29, 0.717) is 5.92 Å². The summed E-state index contributed by atoms with van der Waals surface area (Å²) in [7, 11) is 3.81. The summed E-state index contributed by atoms with van der Waals surface area (Å²) in [5.41, 5.74) is 1.28. The second kappa shape index (κ2) is 8.88. The van der Waals surface area contributed by atoms with Crippen LogP contribution < -0.4 is 10.2 Å². The Morgan fingerprint density at radius 3 is 2.89 bits per heavy atom. The Hall–Kier alpha value is -1.13. The minimum Gasteiger partial charge on any atom is -0.385 e. The zero-order chi connectivity index (χ0) is 14.1. The first-order valence-electron chi connectivity index (χ1n) is 6.99. The molecule has 0 saturated heterocycles. The third-order valence-electron chi connectivity index (χ3n) is 2.92. The number of rotatable bonds is 9. The molecule has 0 unspecified atom stereocenters. The number of anilines is 1. The molecule has 0 saturated carbocycles. The van der Waals surface area contributed by atoms with Gasteiger partial charge in [0.2, 0.25) is 0 Å². The average Bonchev–Trinajstić information content (AvgIpc) is 2.39. The lowest BCUT2D eigenvalue weighted by Crippen LogP contribution is -2.22. The standard InChI is InChI=1S/C15H27N3O/c1-13(2)11-16-12-14-6-7-17-15(10-14)18(3)8-5-9-19-4/h6-7,10,13,16H,5,8-9,11-12H2,1-4H3. The molecule has 4 nitrogen and oxygen atoms in total. The summed E-state index contributed by atoms with van der Waals surface area (Å²) in [6, 6.07) is 4.22. The molecule has 0 aliphatic heterocycles. The van der Waals surface area contributed by atoms with Gasteiger partial charge < -0.3 is 15.0 Å². The number of aromatic nitrogens is 1. The summed E-state index contributed by atoms with van der Waals surface area (Å²) in [5, 5.41) is 3.45. The number of methoxy groups -OCH3 is 1. The van der Waals surface area contributed by atoms with Crippen LogP contribution in [0.4, 0.5) is 5.82 Å². The molecule has 1 heterocycles. The third-order valence-corrected chi connectivity index (χ3v) is 2.92. The maximum absolute atomic E-state index is 5.07. The maximum atomic E-state index is 5.07. The van der Waals surface area contributed by atoms with Crippen molar-refractivity contribution in [3.63, 3.8) is 0 Å². The third kappa shape index (κ3) is 6.55. The zero-order valence-electron chi connectivity index (χ0n) is 12.6. The fourth-order valence-corrected chi connectivity index (χ4v) is 1.85. The van der Waals surface area contributed by atoms with Crippen LogP contribution in [0, 0.1) is 5.92 Å². The Balaban J connectivity index is 2.46. The predicted octanol–water partition coefficient (Wildman–Crippen LogP) is 2.30. The Labute approximate surface area is 117 Å². The van der Waals surface area contributed by atoms with Gasteiger partial charge in [0.15, 0.2) is 0 Å². The van der Waals surface area contributed by atoms with E-state index in [9.17, 15) is 0 Å². The molecular formula is C15H27N3O. The van der Waals surface area contributed by atoms with Gasteiger partial charge in [-0.1, -0.05) is 13.8 Å². The van der Waals surface area contributed by atoms with Crippen molar-refractivity contribution >= 4 is 5.82 Å². The van der Waals surface area contributed by atoms with Crippen LogP contribution in [-0.2, 0) is 11.3 Å². The summed E-state index contributed by atoms with van der Waals surface area (Å²) in [5.74, 6) is 1.71. The minimum absolute atomic E-state index is 0.679. The highest BCUT2D eigenvalue weighted by Crippen LogP contribution is 2.11. The van der Waals surface area contributed by atoms with Crippen molar-refractivity contribution in [2.24, 2.45) is 5.92 Å². The molecule has 0 amide bonds. The molecule has 19 heavy (non-hydrogen) atoms. The van der Waals surface area contributed by atoms with E-state index in [1.54, 1.807) is 7.11 Å². The molecule has 108 valence electrons. The fraction of sp³-hybridized carbons (Fsp3) is 0.667. The lowest BCUT2D eigenvalue weighted by atomic mass is 10.2. The SMILES string of the molecule is COCCCN(C)c1cc(CNCC(C)C)ccn1. The van der Waals surface area contributed by atoms with Gasteiger partial charge in [-0.3, -0.25) is 0 Å². The van der Waals surface area contributed by atoms with Crippen LogP contribution in [0.3, 0.4) is 0 Å². The zero-order valence-corrected chi connectivity index (χ0v) is 12.6. The van der Waals surface area contributed by atoms with E-state index in [4.69, 9.17) is 4.74 Å². The van der Waals surface area contributed by atoms with Crippen LogP contribution in [0.5, 0.6) is 0 Å². The van der Waals surface area contributed by atoms with Gasteiger partial charge in [-0.25, -0.2) is 4.98 Å². The molecule has 0 atom stereocenters. The highest BCUT2D eigenvalue weighted by atomic mass is 16.5. The number of nitrogens with zero attached hydrogens (tertiary/aromatic N) is 2. The summed E-state index contributed by atoms with van der Waals surface area (Å²) in [6.07, 6.45) is 2.90. The van der Waals surface area contributed by atoms with Crippen molar-refractivity contribution in [1.82, 2.24) is 10.3 Å². The summed E-state index contributed by atoms with van der Waals surface area (Å²) in [6.45, 7) is 8.13. The normalized spacial score (nSPS) is 11.0. The first kappa shape index (κ1) is 15.9. The van der Waals surface area contributed by atoms with Crippen LogP contribution in [-0.4, -0.2) is 38.8 Å². The van der Waals surface area contributed by atoms with Gasteiger partial charge in [-0.2, -0.15) is 0 Å². The van der Waals surface area contributed by atoms with Crippen LogP contribution in [0.15, 0.2) is 18.3 Å². The Bertz CT molecular complexity index is 355. The molecule has 0 bridgehead atoms. The average molecular weight is 265 g/mol. The molecule has 0 aromatic carbocycles. The van der Waals surface area contributed by atoms with Crippen molar-refractivity contribution in [1.29, 1.82) is 0 Å². The molecular weight excluding hydrogens is 238 g/mol. The van der Waals surface area contributed by atoms with Gasteiger partial charge >= 0.3 is 0 Å². The summed E-state index contributed by atoms with van der Waals surface area (Å²) < 4.78 is 5.07. The van der Waals surface area contributed by atoms with Gasteiger partial charge in [0, 0.05) is 40.1 Å². The van der Waals surface area contributed by atoms with Crippen LogP contribution in [0.25, 0.3) is 0 Å².